The van der Waals surface area contributed by atoms with Crippen LogP contribution in [0.3, 0.4) is 0 Å². The molecule has 0 radical (unpaired) electrons. The van der Waals surface area contributed by atoms with Gasteiger partial charge in [-0.05, 0) is 61.1 Å². The number of ether oxygens (including phenoxy) is 2. The minimum atomic E-state index is -3.91. The quantitative estimate of drug-likeness (QED) is 0.213. The SMILES string of the molecule is C=C[C@@H]1C[C@]1(NC(=O)[C@@H]1C[C@@H](Oc2ncc(OC)c3ccc(Cl)cc23)CN1C(=O)[C@H](Nc1cccc(C(=O)N(C)C)c1)C(C)(C)C)C(=O)NS(=O)(=O)C1CC1. The number of nitrogens with one attached hydrogen (secondary N) is 3. The fourth-order valence-electron chi connectivity index (χ4n) is 6.95. The highest BCUT2D eigenvalue weighted by atomic mass is 35.5. The second-order valence-electron chi connectivity index (χ2n) is 15.7. The zero-order valence-electron chi connectivity index (χ0n) is 31.7. The Balaban J connectivity index is 1.33. The summed E-state index contributed by atoms with van der Waals surface area (Å²) in [5, 5.41) is 7.20. The van der Waals surface area contributed by atoms with E-state index in [1.807, 2.05) is 20.8 Å². The molecule has 2 heterocycles. The van der Waals surface area contributed by atoms with Gasteiger partial charge in [0.1, 0.15) is 29.5 Å². The van der Waals surface area contributed by atoms with Crippen molar-refractivity contribution < 1.29 is 37.1 Å². The molecule has 0 unspecified atom stereocenters. The average molecular weight is 795 g/mol. The summed E-state index contributed by atoms with van der Waals surface area (Å²) in [5.41, 5.74) is -1.31. The Kier molecular flexibility index (Phi) is 10.8. The van der Waals surface area contributed by atoms with Gasteiger partial charge in [0, 0.05) is 53.5 Å². The van der Waals surface area contributed by atoms with E-state index >= 15 is 0 Å². The smallest absolute Gasteiger partial charge is 0.259 e. The minimum Gasteiger partial charge on any atom is -0.494 e. The molecule has 1 saturated heterocycles. The van der Waals surface area contributed by atoms with E-state index < -0.39 is 68.1 Å². The van der Waals surface area contributed by atoms with Crippen LogP contribution in [-0.4, -0.2) is 104 Å². The lowest BCUT2D eigenvalue weighted by molar-refractivity contribution is -0.141. The fourth-order valence-corrected chi connectivity index (χ4v) is 8.49. The Hall–Kier alpha value is -4.89. The molecule has 0 spiro atoms. The number of sulfonamides is 1. The zero-order chi connectivity index (χ0) is 40.0. The van der Waals surface area contributed by atoms with Crippen LogP contribution < -0.4 is 24.8 Å². The molecule has 14 nitrogen and oxygen atoms in total. The first-order valence-electron chi connectivity index (χ1n) is 18.1. The summed E-state index contributed by atoms with van der Waals surface area (Å²) in [7, 11) is 0.920. The van der Waals surface area contributed by atoms with Gasteiger partial charge in [-0.2, -0.15) is 0 Å². The maximum absolute atomic E-state index is 14.8. The number of carbonyl (C=O) groups excluding carboxylic acids is 4. The van der Waals surface area contributed by atoms with E-state index in [1.165, 1.54) is 29.2 Å². The van der Waals surface area contributed by atoms with Crippen LogP contribution in [0.5, 0.6) is 11.6 Å². The van der Waals surface area contributed by atoms with Crippen LogP contribution in [0.2, 0.25) is 5.02 Å². The summed E-state index contributed by atoms with van der Waals surface area (Å²) in [4.78, 5) is 62.9. The van der Waals surface area contributed by atoms with Crippen LogP contribution >= 0.6 is 11.6 Å². The second-order valence-corrected chi connectivity index (χ2v) is 18.1. The Morgan fingerprint density at radius 3 is 2.45 bits per heavy atom. The number of likely N-dealkylation sites (tertiary alicyclic amines) is 1. The maximum atomic E-state index is 14.8. The topological polar surface area (TPSA) is 176 Å². The summed E-state index contributed by atoms with van der Waals surface area (Å²) in [5.74, 6) is -1.92. The molecule has 2 saturated carbocycles. The van der Waals surface area contributed by atoms with Crippen molar-refractivity contribution in [1.82, 2.24) is 24.8 Å². The number of pyridine rings is 1. The summed E-state index contributed by atoms with van der Waals surface area (Å²) < 4.78 is 39.6. The number of amides is 4. The van der Waals surface area contributed by atoms with Crippen molar-refractivity contribution in [3.63, 3.8) is 0 Å². The summed E-state index contributed by atoms with van der Waals surface area (Å²) in [6.45, 7) is 9.40. The molecule has 3 aromatic rings. The van der Waals surface area contributed by atoms with Gasteiger partial charge in [0.25, 0.3) is 11.8 Å². The number of hydrogen-bond acceptors (Lipinski definition) is 10. The molecule has 2 aromatic carbocycles. The normalized spacial score (nSPS) is 22.7. The molecule has 0 bridgehead atoms. The van der Waals surface area contributed by atoms with Crippen LogP contribution in [-0.2, 0) is 24.4 Å². The number of fused-ring (bicyclic) bond motifs is 1. The van der Waals surface area contributed by atoms with Crippen LogP contribution in [0.15, 0.2) is 61.3 Å². The number of halogens is 1. The molecule has 6 rings (SSSR count). The molecular weight excluding hydrogens is 748 g/mol. The van der Waals surface area contributed by atoms with Gasteiger partial charge in [-0.25, -0.2) is 13.4 Å². The Labute approximate surface area is 326 Å². The average Bonchev–Trinajstić information content (AvgIpc) is 4.06. The van der Waals surface area contributed by atoms with E-state index in [9.17, 15) is 27.6 Å². The predicted octanol–water partition coefficient (Wildman–Crippen LogP) is 4.14. The van der Waals surface area contributed by atoms with Gasteiger partial charge in [0.05, 0.1) is 25.1 Å². The molecule has 3 fully saturated rings. The van der Waals surface area contributed by atoms with Crippen molar-refractivity contribution in [2.45, 2.75) is 75.4 Å². The minimum absolute atomic E-state index is 0.0217. The van der Waals surface area contributed by atoms with Crippen molar-refractivity contribution in [2.24, 2.45) is 11.3 Å². The van der Waals surface area contributed by atoms with E-state index in [2.05, 4.69) is 26.9 Å². The standard InChI is InChI=1S/C39H47ClN6O8S/c1-8-23-19-39(23,37(50)44-55(51,52)27-13-14-27)43-33(47)30-18-26(54-34-29-17-24(40)12-15-28(29)31(53-7)20-41-34)21-46(30)36(49)32(38(2,3)4)42-25-11-9-10-22(16-25)35(48)45(5)6/h8-12,15-17,20,23,26-27,30,32,42H,1,13-14,18-19,21H2,2-7H3,(H,43,47)(H,44,50)/t23-,26-,30+,32+,39-/m1/s1. The molecule has 2 aliphatic carbocycles. The van der Waals surface area contributed by atoms with E-state index in [1.54, 1.807) is 56.6 Å². The number of benzene rings is 2. The number of rotatable bonds is 13. The van der Waals surface area contributed by atoms with Crippen LogP contribution in [0.4, 0.5) is 5.69 Å². The van der Waals surface area contributed by atoms with Crippen molar-refractivity contribution in [3.8, 4) is 11.6 Å². The molecular formula is C39H47ClN6O8S. The number of methoxy groups -OCH3 is 1. The molecule has 16 heteroatoms. The first-order valence-corrected chi connectivity index (χ1v) is 20.0. The third-order valence-electron chi connectivity index (χ3n) is 10.3. The van der Waals surface area contributed by atoms with Gasteiger partial charge < -0.3 is 29.9 Å². The van der Waals surface area contributed by atoms with Gasteiger partial charge in [-0.15, -0.1) is 6.58 Å². The Morgan fingerprint density at radius 2 is 1.84 bits per heavy atom. The summed E-state index contributed by atoms with van der Waals surface area (Å²) in [6, 6.07) is 10.00. The van der Waals surface area contributed by atoms with E-state index in [4.69, 9.17) is 21.1 Å². The van der Waals surface area contributed by atoms with E-state index in [0.29, 0.717) is 45.6 Å². The van der Waals surface area contributed by atoms with Gasteiger partial charge in [-0.1, -0.05) is 44.5 Å². The van der Waals surface area contributed by atoms with Gasteiger partial charge in [-0.3, -0.25) is 23.9 Å². The molecule has 5 atom stereocenters. The van der Waals surface area contributed by atoms with Gasteiger partial charge in [0.2, 0.25) is 27.7 Å². The molecule has 3 aliphatic rings. The highest BCUT2D eigenvalue weighted by molar-refractivity contribution is 7.91. The first-order chi connectivity index (χ1) is 25.9. The fraction of sp³-hybridized carbons (Fsp3) is 0.462. The highest BCUT2D eigenvalue weighted by Crippen LogP contribution is 2.46. The van der Waals surface area contributed by atoms with Gasteiger partial charge >= 0.3 is 0 Å². The third-order valence-corrected chi connectivity index (χ3v) is 12.4. The lowest BCUT2D eigenvalue weighted by Crippen LogP contribution is -2.58. The number of hydrogen-bond donors (Lipinski definition) is 3. The highest BCUT2D eigenvalue weighted by Gasteiger charge is 2.62. The van der Waals surface area contributed by atoms with Crippen molar-refractivity contribution >= 4 is 61.7 Å². The summed E-state index contributed by atoms with van der Waals surface area (Å²) in [6.07, 6.45) is 3.36. The number of anilines is 1. The van der Waals surface area contributed by atoms with Crippen LogP contribution in [0, 0.1) is 11.3 Å². The lowest BCUT2D eigenvalue weighted by Gasteiger charge is -2.36. The number of nitrogens with zero attached hydrogens (tertiary/aromatic N) is 3. The predicted molar refractivity (Wildman–Crippen MR) is 208 cm³/mol. The Bertz CT molecular complexity index is 2150. The monoisotopic (exact) mass is 794 g/mol. The van der Waals surface area contributed by atoms with E-state index in [0.717, 1.165) is 0 Å². The molecule has 4 amide bonds. The second kappa shape index (κ2) is 15.0. The summed E-state index contributed by atoms with van der Waals surface area (Å²) >= 11 is 6.36. The van der Waals surface area contributed by atoms with E-state index in [-0.39, 0.29) is 31.2 Å². The largest absolute Gasteiger partial charge is 0.494 e. The molecule has 1 aromatic heterocycles. The number of carbonyl (C=O) groups is 4. The maximum Gasteiger partial charge on any atom is 0.259 e. The lowest BCUT2D eigenvalue weighted by atomic mass is 9.85. The van der Waals surface area contributed by atoms with Gasteiger partial charge in [0.15, 0.2) is 0 Å². The molecule has 294 valence electrons. The van der Waals surface area contributed by atoms with Crippen molar-refractivity contribution in [1.29, 1.82) is 0 Å². The van der Waals surface area contributed by atoms with Crippen molar-refractivity contribution in [2.75, 3.05) is 33.1 Å². The van der Waals surface area contributed by atoms with Crippen molar-refractivity contribution in [3.05, 3.63) is 71.9 Å². The number of aromatic nitrogens is 1. The Morgan fingerprint density at radius 1 is 1.11 bits per heavy atom. The first kappa shape index (κ1) is 39.8. The zero-order valence-corrected chi connectivity index (χ0v) is 33.3. The van der Waals surface area contributed by atoms with Crippen LogP contribution in [0.25, 0.3) is 10.8 Å². The molecule has 1 aliphatic heterocycles. The molecule has 55 heavy (non-hydrogen) atoms. The van der Waals surface area contributed by atoms with Crippen LogP contribution in [0.1, 0.15) is 56.8 Å². The molecule has 3 N–H and O–H groups in total. The third kappa shape index (κ3) is 8.23.